The molecule has 1 aromatic heterocycles. The SMILES string of the molecule is C=C1O[C@@H](n2ccc(=O)[nH]c2=O)[C@@H](O)[C@H]1SC(=O)c1ccccc1. The Labute approximate surface area is 140 Å². The van der Waals surface area contributed by atoms with Gasteiger partial charge < -0.3 is 9.84 Å². The molecule has 7 nitrogen and oxygen atoms in total. The Morgan fingerprint density at radius 1 is 1.25 bits per heavy atom. The van der Waals surface area contributed by atoms with Crippen LogP contribution in [-0.2, 0) is 4.74 Å². The fraction of sp³-hybridized carbons (Fsp3) is 0.188. The molecule has 0 radical (unpaired) electrons. The predicted octanol–water partition coefficient (Wildman–Crippen LogP) is 0.882. The number of aromatic amines is 1. The van der Waals surface area contributed by atoms with Crippen molar-refractivity contribution in [3.63, 3.8) is 0 Å². The van der Waals surface area contributed by atoms with Gasteiger partial charge in [-0.15, -0.1) is 0 Å². The smallest absolute Gasteiger partial charge is 0.331 e. The molecule has 2 aromatic rings. The summed E-state index contributed by atoms with van der Waals surface area (Å²) in [5.74, 6) is 0.194. The van der Waals surface area contributed by atoms with E-state index in [1.54, 1.807) is 30.3 Å². The normalized spacial score (nSPS) is 23.0. The number of benzene rings is 1. The lowest BCUT2D eigenvalue weighted by Crippen LogP contribution is -2.36. The Hall–Kier alpha value is -2.58. The van der Waals surface area contributed by atoms with Crippen LogP contribution in [0.4, 0.5) is 0 Å². The number of nitrogens with one attached hydrogen (secondary N) is 1. The highest BCUT2D eigenvalue weighted by Gasteiger charge is 2.43. The first kappa shape index (κ1) is 16.3. The molecular weight excluding hydrogens is 332 g/mol. The molecule has 2 N–H and O–H groups in total. The van der Waals surface area contributed by atoms with E-state index in [4.69, 9.17) is 4.74 Å². The standard InChI is InChI=1S/C16H14N2O5S/c1-9-13(24-15(21)10-5-3-2-4-6-10)12(20)14(23-9)18-8-7-11(19)17-16(18)22/h2-8,12-14,20H,1H2,(H,17,19,22)/t12-,13-,14+/m0/s1. The van der Waals surface area contributed by atoms with Crippen molar-refractivity contribution in [3.8, 4) is 0 Å². The Morgan fingerprint density at radius 3 is 2.62 bits per heavy atom. The third kappa shape index (κ3) is 3.06. The van der Waals surface area contributed by atoms with Crippen molar-refractivity contribution in [2.45, 2.75) is 17.6 Å². The molecule has 0 amide bonds. The lowest BCUT2D eigenvalue weighted by atomic mass is 10.2. The zero-order valence-electron chi connectivity index (χ0n) is 12.4. The second-order valence-corrected chi connectivity index (χ2v) is 6.29. The monoisotopic (exact) mass is 346 g/mol. The summed E-state index contributed by atoms with van der Waals surface area (Å²) in [7, 11) is 0. The summed E-state index contributed by atoms with van der Waals surface area (Å²) in [5.41, 5.74) is -0.765. The summed E-state index contributed by atoms with van der Waals surface area (Å²) in [5, 5.41) is 9.49. The van der Waals surface area contributed by atoms with Crippen molar-refractivity contribution >= 4 is 16.9 Å². The van der Waals surface area contributed by atoms with Crippen molar-refractivity contribution in [2.24, 2.45) is 0 Å². The van der Waals surface area contributed by atoms with Gasteiger partial charge in [-0.1, -0.05) is 48.7 Å². The van der Waals surface area contributed by atoms with E-state index in [9.17, 15) is 19.5 Å². The van der Waals surface area contributed by atoms with Crippen molar-refractivity contribution in [3.05, 3.63) is 81.3 Å². The van der Waals surface area contributed by atoms with Crippen molar-refractivity contribution in [1.29, 1.82) is 0 Å². The molecule has 124 valence electrons. The highest BCUT2D eigenvalue weighted by molar-refractivity contribution is 8.14. The summed E-state index contributed by atoms with van der Waals surface area (Å²) in [4.78, 5) is 37.3. The van der Waals surface area contributed by atoms with E-state index in [0.29, 0.717) is 5.56 Å². The molecule has 0 aliphatic carbocycles. The maximum Gasteiger partial charge on any atom is 0.331 e. The number of aliphatic hydroxyl groups is 1. The zero-order chi connectivity index (χ0) is 17.3. The van der Waals surface area contributed by atoms with Crippen LogP contribution in [0.5, 0.6) is 0 Å². The first-order valence-electron chi connectivity index (χ1n) is 7.08. The number of carbonyl (C=O) groups is 1. The zero-order valence-corrected chi connectivity index (χ0v) is 13.2. The van der Waals surface area contributed by atoms with Gasteiger partial charge in [0.15, 0.2) is 0 Å². The average molecular weight is 346 g/mol. The van der Waals surface area contributed by atoms with Gasteiger partial charge in [0, 0.05) is 17.8 Å². The van der Waals surface area contributed by atoms with Crippen LogP contribution in [0.15, 0.2) is 64.5 Å². The van der Waals surface area contributed by atoms with Gasteiger partial charge >= 0.3 is 5.69 Å². The minimum atomic E-state index is -1.17. The van der Waals surface area contributed by atoms with Gasteiger partial charge in [-0.3, -0.25) is 19.1 Å². The number of aliphatic hydroxyl groups excluding tert-OH is 1. The number of H-pyrrole nitrogens is 1. The van der Waals surface area contributed by atoms with Crippen LogP contribution in [0.3, 0.4) is 0 Å². The molecule has 8 heteroatoms. The molecule has 1 aliphatic heterocycles. The molecule has 1 saturated heterocycles. The first-order valence-corrected chi connectivity index (χ1v) is 7.96. The van der Waals surface area contributed by atoms with Crippen molar-refractivity contribution in [2.75, 3.05) is 0 Å². The van der Waals surface area contributed by atoms with Crippen LogP contribution in [0.1, 0.15) is 16.6 Å². The maximum atomic E-state index is 12.3. The lowest BCUT2D eigenvalue weighted by Gasteiger charge is -2.17. The summed E-state index contributed by atoms with van der Waals surface area (Å²) in [6.45, 7) is 3.71. The molecule has 0 bridgehead atoms. The topological polar surface area (TPSA) is 101 Å². The third-order valence-electron chi connectivity index (χ3n) is 3.56. The molecule has 1 aromatic carbocycles. The molecule has 3 rings (SSSR count). The number of thioether (sulfide) groups is 1. The van der Waals surface area contributed by atoms with E-state index >= 15 is 0 Å². The second kappa shape index (κ2) is 6.50. The Kier molecular flexibility index (Phi) is 4.41. The summed E-state index contributed by atoms with van der Waals surface area (Å²) < 4.78 is 6.51. The van der Waals surface area contributed by atoms with Crippen LogP contribution in [0.2, 0.25) is 0 Å². The fourth-order valence-corrected chi connectivity index (χ4v) is 3.34. The van der Waals surface area contributed by atoms with E-state index in [0.717, 1.165) is 22.4 Å². The summed E-state index contributed by atoms with van der Waals surface area (Å²) >= 11 is 0.883. The van der Waals surface area contributed by atoms with Crippen LogP contribution in [0, 0.1) is 0 Å². The van der Waals surface area contributed by atoms with E-state index in [1.807, 2.05) is 0 Å². The molecule has 0 unspecified atom stereocenters. The molecule has 0 spiro atoms. The van der Waals surface area contributed by atoms with E-state index in [-0.39, 0.29) is 10.9 Å². The fourth-order valence-electron chi connectivity index (χ4n) is 2.37. The Balaban J connectivity index is 1.81. The summed E-state index contributed by atoms with van der Waals surface area (Å²) in [6, 6.07) is 9.77. The van der Waals surface area contributed by atoms with E-state index in [2.05, 4.69) is 11.6 Å². The number of nitrogens with zero attached hydrogens (tertiary/aromatic N) is 1. The van der Waals surface area contributed by atoms with Crippen LogP contribution >= 0.6 is 11.8 Å². The molecule has 3 atom stereocenters. The van der Waals surface area contributed by atoms with Gasteiger partial charge in [-0.2, -0.15) is 0 Å². The van der Waals surface area contributed by atoms with Gasteiger partial charge in [0.25, 0.3) is 5.56 Å². The van der Waals surface area contributed by atoms with Crippen molar-refractivity contribution < 1.29 is 14.6 Å². The van der Waals surface area contributed by atoms with Gasteiger partial charge in [-0.05, 0) is 0 Å². The molecule has 1 fully saturated rings. The third-order valence-corrected chi connectivity index (χ3v) is 4.81. The van der Waals surface area contributed by atoms with Gasteiger partial charge in [-0.25, -0.2) is 4.79 Å². The first-order chi connectivity index (χ1) is 11.5. The van der Waals surface area contributed by atoms with Crippen LogP contribution < -0.4 is 11.2 Å². The average Bonchev–Trinajstić information content (AvgIpc) is 2.84. The number of hydrogen-bond acceptors (Lipinski definition) is 6. The number of ether oxygens (including phenoxy) is 1. The highest BCUT2D eigenvalue weighted by atomic mass is 32.2. The Bertz CT molecular complexity index is 889. The second-order valence-electron chi connectivity index (χ2n) is 5.17. The van der Waals surface area contributed by atoms with Gasteiger partial charge in [0.05, 0.1) is 0 Å². The maximum absolute atomic E-state index is 12.3. The largest absolute Gasteiger partial charge is 0.471 e. The number of rotatable bonds is 3. The predicted molar refractivity (Wildman–Crippen MR) is 88.7 cm³/mol. The van der Waals surface area contributed by atoms with Crippen LogP contribution in [-0.4, -0.2) is 31.1 Å². The van der Waals surface area contributed by atoms with E-state index < -0.39 is 28.8 Å². The molecule has 0 saturated carbocycles. The van der Waals surface area contributed by atoms with Crippen molar-refractivity contribution in [1.82, 2.24) is 9.55 Å². The van der Waals surface area contributed by atoms with Gasteiger partial charge in [0.2, 0.25) is 11.3 Å². The quantitative estimate of drug-likeness (QED) is 0.856. The molecule has 24 heavy (non-hydrogen) atoms. The summed E-state index contributed by atoms with van der Waals surface area (Å²) in [6.07, 6.45) is -0.990. The van der Waals surface area contributed by atoms with Gasteiger partial charge in [0.1, 0.15) is 17.1 Å². The minimum absolute atomic E-state index is 0.194. The lowest BCUT2D eigenvalue weighted by molar-refractivity contribution is 0.00624. The number of carbonyl (C=O) groups excluding carboxylic acids is 1. The van der Waals surface area contributed by atoms with E-state index in [1.165, 1.54) is 6.20 Å². The highest BCUT2D eigenvalue weighted by Crippen LogP contribution is 2.38. The molecule has 1 aliphatic rings. The minimum Gasteiger partial charge on any atom is -0.471 e. The number of hydrogen-bond donors (Lipinski definition) is 2. The Morgan fingerprint density at radius 2 is 1.96 bits per heavy atom. The molecular formula is C16H14N2O5S. The number of aromatic nitrogens is 2. The molecule has 2 heterocycles. The van der Waals surface area contributed by atoms with Crippen LogP contribution in [0.25, 0.3) is 0 Å².